The molecule has 25 heavy (non-hydrogen) atoms. The first-order valence-electron chi connectivity index (χ1n) is 7.98. The summed E-state index contributed by atoms with van der Waals surface area (Å²) < 4.78 is 1.62. The van der Waals surface area contributed by atoms with Crippen LogP contribution in [0.2, 0.25) is 0 Å². The van der Waals surface area contributed by atoms with Gasteiger partial charge in [-0.25, -0.2) is 19.4 Å². The molecule has 8 nitrogen and oxygen atoms in total. The summed E-state index contributed by atoms with van der Waals surface area (Å²) in [4.78, 5) is 33.5. The Hall–Kier alpha value is -2.77. The number of amides is 1. The molecule has 8 heteroatoms. The van der Waals surface area contributed by atoms with Crippen LogP contribution in [-0.2, 0) is 16.0 Å². The second-order valence-corrected chi connectivity index (χ2v) is 6.21. The number of hydrogen-bond acceptors (Lipinski definition) is 5. The Morgan fingerprint density at radius 1 is 1.20 bits per heavy atom. The SMILES string of the molecule is Cc1cc(C)nc(-n2nc(C)c(CC(=O)N(C)C(C)C(=O)O)c2C)n1. The minimum Gasteiger partial charge on any atom is -0.480 e. The lowest BCUT2D eigenvalue weighted by Gasteiger charge is -2.21. The molecule has 0 radical (unpaired) electrons. The highest BCUT2D eigenvalue weighted by Gasteiger charge is 2.24. The number of aromatic nitrogens is 4. The Morgan fingerprint density at radius 2 is 1.76 bits per heavy atom. The molecule has 2 heterocycles. The number of hydrogen-bond donors (Lipinski definition) is 1. The monoisotopic (exact) mass is 345 g/mol. The lowest BCUT2D eigenvalue weighted by molar-refractivity contribution is -0.148. The van der Waals surface area contributed by atoms with Crippen LogP contribution in [0.5, 0.6) is 0 Å². The van der Waals surface area contributed by atoms with Gasteiger partial charge in [-0.3, -0.25) is 4.79 Å². The van der Waals surface area contributed by atoms with E-state index in [4.69, 9.17) is 5.11 Å². The van der Waals surface area contributed by atoms with Crippen molar-refractivity contribution < 1.29 is 14.7 Å². The predicted octanol–water partition coefficient (Wildman–Crippen LogP) is 1.37. The van der Waals surface area contributed by atoms with Crippen molar-refractivity contribution in [3.63, 3.8) is 0 Å². The molecule has 1 amide bonds. The number of nitrogens with zero attached hydrogens (tertiary/aromatic N) is 5. The molecule has 0 aromatic carbocycles. The summed E-state index contributed by atoms with van der Waals surface area (Å²) in [7, 11) is 1.49. The fraction of sp³-hybridized carbons (Fsp3) is 0.471. The molecule has 0 fully saturated rings. The van der Waals surface area contributed by atoms with Crippen LogP contribution in [-0.4, -0.2) is 54.7 Å². The molecule has 0 spiro atoms. The van der Waals surface area contributed by atoms with Gasteiger partial charge in [0.1, 0.15) is 6.04 Å². The van der Waals surface area contributed by atoms with Crippen LogP contribution in [0.25, 0.3) is 5.95 Å². The first kappa shape index (κ1) is 18.6. The highest BCUT2D eigenvalue weighted by Crippen LogP contribution is 2.18. The fourth-order valence-corrected chi connectivity index (χ4v) is 2.59. The van der Waals surface area contributed by atoms with Gasteiger partial charge in [0.15, 0.2) is 0 Å². The van der Waals surface area contributed by atoms with Crippen LogP contribution in [0.3, 0.4) is 0 Å². The van der Waals surface area contributed by atoms with Crippen LogP contribution < -0.4 is 0 Å². The molecule has 2 aromatic rings. The number of aliphatic carboxylic acids is 1. The van der Waals surface area contributed by atoms with E-state index >= 15 is 0 Å². The highest BCUT2D eigenvalue weighted by molar-refractivity contribution is 5.84. The zero-order valence-electron chi connectivity index (χ0n) is 15.4. The molecule has 2 rings (SSSR count). The third-order valence-corrected chi connectivity index (χ3v) is 4.26. The highest BCUT2D eigenvalue weighted by atomic mass is 16.4. The number of aryl methyl sites for hydroxylation is 3. The average Bonchev–Trinajstić information content (AvgIpc) is 2.80. The Morgan fingerprint density at radius 3 is 2.28 bits per heavy atom. The maximum Gasteiger partial charge on any atom is 0.326 e. The third kappa shape index (κ3) is 3.84. The van der Waals surface area contributed by atoms with Gasteiger partial charge in [0.05, 0.1) is 12.1 Å². The summed E-state index contributed by atoms with van der Waals surface area (Å²) in [5, 5.41) is 13.5. The molecule has 2 aromatic heterocycles. The van der Waals surface area contributed by atoms with Crippen molar-refractivity contribution in [1.29, 1.82) is 0 Å². The van der Waals surface area contributed by atoms with Crippen molar-refractivity contribution >= 4 is 11.9 Å². The van der Waals surface area contributed by atoms with Crippen molar-refractivity contribution in [2.75, 3.05) is 7.05 Å². The summed E-state index contributed by atoms with van der Waals surface area (Å²) in [5.41, 5.74) is 3.90. The molecule has 1 atom stereocenters. The molecule has 0 saturated heterocycles. The molecule has 0 bridgehead atoms. The van der Waals surface area contributed by atoms with Gasteiger partial charge < -0.3 is 10.0 Å². The van der Waals surface area contributed by atoms with Gasteiger partial charge in [0.2, 0.25) is 5.91 Å². The van der Waals surface area contributed by atoms with E-state index in [0.29, 0.717) is 11.6 Å². The summed E-state index contributed by atoms with van der Waals surface area (Å²) >= 11 is 0. The quantitative estimate of drug-likeness (QED) is 0.878. The fourth-order valence-electron chi connectivity index (χ4n) is 2.59. The predicted molar refractivity (Wildman–Crippen MR) is 91.7 cm³/mol. The summed E-state index contributed by atoms with van der Waals surface area (Å²) in [6.07, 6.45) is 0.0799. The lowest BCUT2D eigenvalue weighted by atomic mass is 10.1. The number of likely N-dealkylation sites (N-methyl/N-ethyl adjacent to an activating group) is 1. The summed E-state index contributed by atoms with van der Waals surface area (Å²) in [6, 6.07) is 0.993. The van der Waals surface area contributed by atoms with Gasteiger partial charge in [0.25, 0.3) is 5.95 Å². The molecule has 0 aliphatic carbocycles. The van der Waals surface area contributed by atoms with Crippen molar-refractivity contribution in [1.82, 2.24) is 24.6 Å². The zero-order valence-corrected chi connectivity index (χ0v) is 15.4. The molecule has 134 valence electrons. The van der Waals surface area contributed by atoms with Crippen molar-refractivity contribution in [3.8, 4) is 5.95 Å². The van der Waals surface area contributed by atoms with E-state index in [1.54, 1.807) is 4.68 Å². The third-order valence-electron chi connectivity index (χ3n) is 4.26. The Kier molecular flexibility index (Phi) is 5.20. The number of carbonyl (C=O) groups excluding carboxylic acids is 1. The minimum atomic E-state index is -1.04. The number of carboxylic acids is 1. The van der Waals surface area contributed by atoms with E-state index in [2.05, 4.69) is 15.1 Å². The lowest BCUT2D eigenvalue weighted by Crippen LogP contribution is -2.41. The van der Waals surface area contributed by atoms with E-state index < -0.39 is 12.0 Å². The van der Waals surface area contributed by atoms with Crippen LogP contribution in [0.15, 0.2) is 6.07 Å². The molecule has 0 saturated carbocycles. The van der Waals surface area contributed by atoms with Gasteiger partial charge in [0, 0.05) is 29.7 Å². The van der Waals surface area contributed by atoms with Gasteiger partial charge in [-0.05, 0) is 40.7 Å². The van der Waals surface area contributed by atoms with Gasteiger partial charge in [-0.15, -0.1) is 0 Å². The zero-order chi connectivity index (χ0) is 18.9. The first-order valence-corrected chi connectivity index (χ1v) is 7.98. The summed E-state index contributed by atoms with van der Waals surface area (Å²) in [5.74, 6) is -0.852. The molecule has 0 aliphatic heterocycles. The smallest absolute Gasteiger partial charge is 0.326 e. The maximum atomic E-state index is 12.4. The molecular formula is C17H23N5O3. The number of rotatable bonds is 5. The van der Waals surface area contributed by atoms with Gasteiger partial charge >= 0.3 is 5.97 Å². The second kappa shape index (κ2) is 7.00. The topological polar surface area (TPSA) is 101 Å². The van der Waals surface area contributed by atoms with Crippen LogP contribution in [0.1, 0.15) is 35.3 Å². The molecule has 0 aliphatic rings. The Bertz CT molecular complexity index is 808. The Labute approximate surface area is 146 Å². The summed E-state index contributed by atoms with van der Waals surface area (Å²) in [6.45, 7) is 8.92. The second-order valence-electron chi connectivity index (χ2n) is 6.21. The van der Waals surface area contributed by atoms with Gasteiger partial charge in [-0.1, -0.05) is 0 Å². The van der Waals surface area contributed by atoms with Crippen molar-refractivity contribution in [2.45, 2.75) is 47.1 Å². The molecule has 1 unspecified atom stereocenters. The normalized spacial score (nSPS) is 12.1. The molecular weight excluding hydrogens is 322 g/mol. The van der Waals surface area contributed by atoms with E-state index in [1.165, 1.54) is 18.9 Å². The van der Waals surface area contributed by atoms with Gasteiger partial charge in [-0.2, -0.15) is 5.10 Å². The average molecular weight is 345 g/mol. The van der Waals surface area contributed by atoms with E-state index in [-0.39, 0.29) is 12.3 Å². The van der Waals surface area contributed by atoms with Crippen LogP contribution in [0, 0.1) is 27.7 Å². The van der Waals surface area contributed by atoms with Crippen LogP contribution in [0.4, 0.5) is 0 Å². The van der Waals surface area contributed by atoms with Crippen LogP contribution >= 0.6 is 0 Å². The largest absolute Gasteiger partial charge is 0.480 e. The maximum absolute atomic E-state index is 12.4. The number of carboxylic acid groups (broad SMARTS) is 1. The number of carbonyl (C=O) groups is 2. The van der Waals surface area contributed by atoms with E-state index in [0.717, 1.165) is 22.6 Å². The van der Waals surface area contributed by atoms with E-state index in [1.807, 2.05) is 33.8 Å². The standard InChI is InChI=1S/C17H23N5O3/c1-9-7-10(2)19-17(18-9)22-12(4)14(11(3)20-22)8-15(23)21(6)13(5)16(24)25/h7,13H,8H2,1-6H3,(H,24,25). The van der Waals surface area contributed by atoms with Crippen molar-refractivity contribution in [3.05, 3.63) is 34.4 Å². The van der Waals surface area contributed by atoms with E-state index in [9.17, 15) is 9.59 Å². The van der Waals surface area contributed by atoms with Crippen molar-refractivity contribution in [2.24, 2.45) is 0 Å². The Balaban J connectivity index is 2.34. The molecule has 1 N–H and O–H groups in total. The minimum absolute atomic E-state index is 0.0799. The first-order chi connectivity index (χ1) is 11.6.